The van der Waals surface area contributed by atoms with E-state index < -0.39 is 25.6 Å². The monoisotopic (exact) mass is 315 g/mol. The van der Waals surface area contributed by atoms with Crippen LogP contribution in [0.4, 0.5) is 0 Å². The van der Waals surface area contributed by atoms with Gasteiger partial charge in [-0.15, -0.1) is 0 Å². The molecule has 0 radical (unpaired) electrons. The van der Waals surface area contributed by atoms with Crippen LogP contribution in [0.1, 0.15) is 18.1 Å². The largest absolute Gasteiger partial charge is 0.492 e. The molecule has 0 saturated carbocycles. The van der Waals surface area contributed by atoms with Crippen molar-refractivity contribution in [3.05, 3.63) is 22.7 Å². The number of aliphatic carboxylic acids is 1. The quantitative estimate of drug-likeness (QED) is 0.511. The lowest BCUT2D eigenvalue weighted by atomic mass is 9.79. The van der Waals surface area contributed by atoms with Crippen LogP contribution in [0.15, 0.2) is 12.1 Å². The minimum absolute atomic E-state index is 0.219. The average molecular weight is 316 g/mol. The number of nitrogens with zero attached hydrogens (tertiary/aromatic N) is 1. The first-order valence-electron chi connectivity index (χ1n) is 6.19. The molecule has 0 bridgehead atoms. The summed E-state index contributed by atoms with van der Waals surface area (Å²) in [7, 11) is 1.97. The summed E-state index contributed by atoms with van der Waals surface area (Å²) in [4.78, 5) is 12.2. The lowest BCUT2D eigenvalue weighted by Gasteiger charge is -2.20. The molecule has 2 rings (SSSR count). The van der Waals surface area contributed by atoms with Gasteiger partial charge in [-0.1, -0.05) is 11.6 Å². The number of aliphatic hydroxyl groups excluding tert-OH is 1. The van der Waals surface area contributed by atoms with Crippen LogP contribution in [0.25, 0.3) is 0 Å². The van der Waals surface area contributed by atoms with Gasteiger partial charge in [-0.05, 0) is 37.3 Å². The second kappa shape index (κ2) is 6.21. The van der Waals surface area contributed by atoms with E-state index in [-0.39, 0.29) is 17.2 Å². The van der Waals surface area contributed by atoms with Gasteiger partial charge in [0.1, 0.15) is 5.75 Å². The molecule has 21 heavy (non-hydrogen) atoms. The Morgan fingerprint density at radius 2 is 2.24 bits per heavy atom. The Labute approximate surface area is 126 Å². The number of halogens is 1. The molecule has 1 aliphatic heterocycles. The van der Waals surface area contributed by atoms with Crippen molar-refractivity contribution < 1.29 is 29.4 Å². The second-order valence-electron chi connectivity index (χ2n) is 4.89. The van der Waals surface area contributed by atoms with Crippen molar-refractivity contribution in [3.63, 3.8) is 0 Å². The summed E-state index contributed by atoms with van der Waals surface area (Å²) >= 11 is 6.12. The highest BCUT2D eigenvalue weighted by Crippen LogP contribution is 2.35. The van der Waals surface area contributed by atoms with Gasteiger partial charge in [0.25, 0.3) is 6.41 Å². The molecule has 1 aliphatic rings. The molecule has 0 spiro atoms. The highest BCUT2D eigenvalue weighted by molar-refractivity contribution is 6.62. The topological polar surface area (TPSA) is 99.5 Å². The molecule has 0 aromatic heterocycles. The third-order valence-electron chi connectivity index (χ3n) is 3.06. The minimum Gasteiger partial charge on any atom is -0.481 e. The van der Waals surface area contributed by atoms with E-state index in [0.717, 1.165) is 0 Å². The average Bonchev–Trinajstić information content (AvgIpc) is 2.65. The van der Waals surface area contributed by atoms with E-state index in [1.807, 2.05) is 0 Å². The number of ether oxygens (including phenoxy) is 1. The second-order valence-corrected chi connectivity index (χ2v) is 5.30. The van der Waals surface area contributed by atoms with Crippen molar-refractivity contribution in [3.8, 4) is 5.75 Å². The van der Waals surface area contributed by atoms with Crippen LogP contribution in [-0.2, 0) is 9.45 Å². The van der Waals surface area contributed by atoms with E-state index in [9.17, 15) is 14.9 Å². The maximum atomic E-state index is 10.8. The zero-order chi connectivity index (χ0) is 15.7. The third kappa shape index (κ3) is 3.48. The van der Waals surface area contributed by atoms with Crippen LogP contribution in [0.2, 0.25) is 5.02 Å². The van der Waals surface area contributed by atoms with E-state index in [2.05, 4.69) is 0 Å². The molecule has 0 amide bonds. The van der Waals surface area contributed by atoms with Crippen LogP contribution >= 0.6 is 11.6 Å². The number of rotatable bonds is 5. The van der Waals surface area contributed by atoms with Gasteiger partial charge < -0.3 is 24.6 Å². The summed E-state index contributed by atoms with van der Waals surface area (Å²) in [5, 5.41) is 28.6. The van der Waals surface area contributed by atoms with Crippen molar-refractivity contribution in [2.75, 3.05) is 14.1 Å². The SMILES string of the molecule is CN(C)C(O)Oc1cc(Cl)c2c(c1)B(O)OC2CC(=O)O. The maximum absolute atomic E-state index is 10.8. The normalized spacial score (nSPS) is 18.8. The number of carboxylic acids is 1. The number of carboxylic acid groups (broad SMARTS) is 1. The van der Waals surface area contributed by atoms with Crippen LogP contribution in [0, 0.1) is 0 Å². The summed E-state index contributed by atoms with van der Waals surface area (Å²) < 4.78 is 10.5. The number of benzene rings is 1. The molecule has 7 nitrogen and oxygen atoms in total. The highest BCUT2D eigenvalue weighted by atomic mass is 35.5. The first kappa shape index (κ1) is 16.1. The molecule has 1 aromatic rings. The zero-order valence-electron chi connectivity index (χ0n) is 11.5. The minimum atomic E-state index is -1.28. The third-order valence-corrected chi connectivity index (χ3v) is 3.37. The number of hydrogen-bond acceptors (Lipinski definition) is 6. The Hall–Kier alpha value is -1.32. The molecule has 3 N–H and O–H groups in total. The first-order chi connectivity index (χ1) is 9.79. The van der Waals surface area contributed by atoms with Crippen LogP contribution in [-0.4, -0.2) is 53.7 Å². The number of fused-ring (bicyclic) bond motifs is 1. The van der Waals surface area contributed by atoms with Crippen LogP contribution < -0.4 is 10.2 Å². The van der Waals surface area contributed by atoms with Crippen molar-refractivity contribution >= 4 is 30.2 Å². The van der Waals surface area contributed by atoms with E-state index in [0.29, 0.717) is 11.0 Å². The predicted octanol–water partition coefficient (Wildman–Crippen LogP) is -0.210. The van der Waals surface area contributed by atoms with Crippen molar-refractivity contribution in [1.82, 2.24) is 4.90 Å². The van der Waals surface area contributed by atoms with Gasteiger partial charge in [-0.3, -0.25) is 9.69 Å². The van der Waals surface area contributed by atoms with Crippen molar-refractivity contribution in [1.29, 1.82) is 0 Å². The van der Waals surface area contributed by atoms with E-state index in [1.165, 1.54) is 17.0 Å². The highest BCUT2D eigenvalue weighted by Gasteiger charge is 2.38. The fourth-order valence-electron chi connectivity index (χ4n) is 2.06. The molecule has 0 saturated heterocycles. The van der Waals surface area contributed by atoms with Gasteiger partial charge in [0.05, 0.1) is 12.5 Å². The number of aliphatic hydroxyl groups is 1. The van der Waals surface area contributed by atoms with E-state index in [4.69, 9.17) is 26.1 Å². The van der Waals surface area contributed by atoms with Crippen molar-refractivity contribution in [2.24, 2.45) is 0 Å². The summed E-state index contributed by atoms with van der Waals surface area (Å²) in [6.07, 6.45) is -2.29. The Balaban J connectivity index is 2.31. The Bertz CT molecular complexity index is 555. The van der Waals surface area contributed by atoms with E-state index >= 15 is 0 Å². The van der Waals surface area contributed by atoms with E-state index in [1.54, 1.807) is 14.1 Å². The van der Waals surface area contributed by atoms with Gasteiger partial charge >= 0.3 is 13.1 Å². The zero-order valence-corrected chi connectivity index (χ0v) is 12.2. The maximum Gasteiger partial charge on any atom is 0.492 e. The molecule has 1 aromatic carbocycles. The lowest BCUT2D eigenvalue weighted by molar-refractivity contribution is -0.138. The van der Waals surface area contributed by atoms with Crippen molar-refractivity contribution in [2.45, 2.75) is 18.9 Å². The van der Waals surface area contributed by atoms with Crippen LogP contribution in [0.5, 0.6) is 5.75 Å². The Morgan fingerprint density at radius 1 is 1.57 bits per heavy atom. The fraction of sp³-hybridized carbons (Fsp3) is 0.417. The van der Waals surface area contributed by atoms with Gasteiger partial charge in [-0.25, -0.2) is 0 Å². The van der Waals surface area contributed by atoms with Gasteiger partial charge in [0.15, 0.2) is 0 Å². The molecule has 114 valence electrons. The molecule has 1 heterocycles. The van der Waals surface area contributed by atoms with Gasteiger partial charge in [0, 0.05) is 5.02 Å². The summed E-state index contributed by atoms with van der Waals surface area (Å²) in [5.41, 5.74) is 0.771. The Morgan fingerprint density at radius 3 is 2.81 bits per heavy atom. The predicted molar refractivity (Wildman–Crippen MR) is 75.5 cm³/mol. The number of hydrogen-bond donors (Lipinski definition) is 3. The lowest BCUT2D eigenvalue weighted by Crippen LogP contribution is -2.34. The number of carbonyl (C=O) groups is 1. The fourth-order valence-corrected chi connectivity index (χ4v) is 2.40. The molecular weight excluding hydrogens is 300 g/mol. The summed E-state index contributed by atoms with van der Waals surface area (Å²) in [6.45, 7) is 0. The van der Waals surface area contributed by atoms with Crippen LogP contribution in [0.3, 0.4) is 0 Å². The van der Waals surface area contributed by atoms with Gasteiger partial charge in [-0.2, -0.15) is 0 Å². The Kier molecular flexibility index (Phi) is 4.75. The molecule has 2 unspecified atom stereocenters. The molecule has 2 atom stereocenters. The first-order valence-corrected chi connectivity index (χ1v) is 6.57. The molecular formula is C12H15BClNO6. The molecule has 9 heteroatoms. The molecule has 0 aliphatic carbocycles. The molecule has 0 fully saturated rings. The standard InChI is InChI=1S/C12H15BClNO6/c1-15(2)12(18)20-6-3-7-11(8(14)4-6)9(5-10(16)17)21-13(7)19/h3-4,9,12,18-19H,5H2,1-2H3,(H,16,17). The summed E-state index contributed by atoms with van der Waals surface area (Å²) in [6, 6.07) is 2.92. The smallest absolute Gasteiger partial charge is 0.481 e. The summed E-state index contributed by atoms with van der Waals surface area (Å²) in [5.74, 6) is -0.807. The van der Waals surface area contributed by atoms with Gasteiger partial charge in [0.2, 0.25) is 0 Å².